The summed E-state index contributed by atoms with van der Waals surface area (Å²) in [6.07, 6.45) is 0. The minimum atomic E-state index is -0.893. The van der Waals surface area contributed by atoms with Crippen molar-refractivity contribution in [2.24, 2.45) is 5.73 Å². The van der Waals surface area contributed by atoms with E-state index in [0.29, 0.717) is 16.9 Å². The Morgan fingerprint density at radius 1 is 1.08 bits per heavy atom. The molecule has 2 aromatic carbocycles. The Bertz CT molecular complexity index is 805. The van der Waals surface area contributed by atoms with E-state index in [1.807, 2.05) is 0 Å². The summed E-state index contributed by atoms with van der Waals surface area (Å²) in [5.74, 6) is -2.18. The minimum Gasteiger partial charge on any atom is -0.376 e. The molecule has 7 heteroatoms. The van der Waals surface area contributed by atoms with Gasteiger partial charge < -0.3 is 16.4 Å². The van der Waals surface area contributed by atoms with Crippen LogP contribution < -0.4 is 16.4 Å². The third-order valence-corrected chi connectivity index (χ3v) is 3.27. The lowest BCUT2D eigenvalue weighted by Crippen LogP contribution is -2.23. The number of carbonyl (C=O) groups is 3. The summed E-state index contributed by atoms with van der Waals surface area (Å²) in [4.78, 5) is 34.6. The van der Waals surface area contributed by atoms with Gasteiger partial charge in [0.25, 0.3) is 5.91 Å². The van der Waals surface area contributed by atoms with E-state index in [2.05, 4.69) is 10.6 Å². The summed E-state index contributed by atoms with van der Waals surface area (Å²) in [6, 6.07) is 10.4. The van der Waals surface area contributed by atoms with Crippen molar-refractivity contribution in [3.63, 3.8) is 0 Å². The van der Waals surface area contributed by atoms with E-state index in [4.69, 9.17) is 5.73 Å². The second-order valence-corrected chi connectivity index (χ2v) is 5.06. The number of ketones is 1. The lowest BCUT2D eigenvalue weighted by Gasteiger charge is -2.11. The van der Waals surface area contributed by atoms with E-state index in [1.54, 1.807) is 24.3 Å². The van der Waals surface area contributed by atoms with Gasteiger partial charge in [-0.1, -0.05) is 12.1 Å². The molecule has 0 heterocycles. The van der Waals surface area contributed by atoms with Crippen LogP contribution in [0.3, 0.4) is 0 Å². The maximum Gasteiger partial charge on any atom is 0.251 e. The number of Topliss-reactive ketones (excluding diaryl/α,β-unsaturated/α-hetero) is 1. The van der Waals surface area contributed by atoms with E-state index < -0.39 is 17.6 Å². The molecule has 124 valence electrons. The standard InChI is InChI=1S/C17H16FN3O3/c1-10(22)12-4-2-3-5-15(12)21-16(23)9-20-11-6-7-14(18)13(8-11)17(19)24/h2-8,20H,9H2,1H3,(H2,19,24)(H,21,23). The molecule has 4 N–H and O–H groups in total. The maximum absolute atomic E-state index is 13.4. The number of primary amides is 1. The number of nitrogens with two attached hydrogens (primary N) is 1. The first kappa shape index (κ1) is 17.1. The van der Waals surface area contributed by atoms with Crippen LogP contribution in [-0.2, 0) is 4.79 Å². The zero-order valence-corrected chi connectivity index (χ0v) is 12.9. The second-order valence-electron chi connectivity index (χ2n) is 5.06. The molecule has 0 aliphatic carbocycles. The molecular formula is C17H16FN3O3. The predicted molar refractivity (Wildman–Crippen MR) is 88.5 cm³/mol. The number of rotatable bonds is 6. The smallest absolute Gasteiger partial charge is 0.251 e. The molecule has 0 unspecified atom stereocenters. The van der Waals surface area contributed by atoms with E-state index in [0.717, 1.165) is 6.07 Å². The first-order valence-electron chi connectivity index (χ1n) is 7.11. The van der Waals surface area contributed by atoms with Crippen molar-refractivity contribution < 1.29 is 18.8 Å². The average Bonchev–Trinajstić information content (AvgIpc) is 2.54. The van der Waals surface area contributed by atoms with Crippen molar-refractivity contribution in [2.75, 3.05) is 17.2 Å². The molecule has 0 radical (unpaired) electrons. The highest BCUT2D eigenvalue weighted by atomic mass is 19.1. The Morgan fingerprint density at radius 3 is 2.46 bits per heavy atom. The fourth-order valence-corrected chi connectivity index (χ4v) is 2.10. The van der Waals surface area contributed by atoms with Gasteiger partial charge in [0.2, 0.25) is 5.91 Å². The van der Waals surface area contributed by atoms with Crippen molar-refractivity contribution in [1.29, 1.82) is 0 Å². The summed E-state index contributed by atoms with van der Waals surface area (Å²) in [7, 11) is 0. The number of halogens is 1. The summed E-state index contributed by atoms with van der Waals surface area (Å²) in [6.45, 7) is 1.28. The summed E-state index contributed by atoms with van der Waals surface area (Å²) < 4.78 is 13.4. The molecule has 24 heavy (non-hydrogen) atoms. The van der Waals surface area contributed by atoms with Gasteiger partial charge in [0, 0.05) is 11.3 Å². The Hall–Kier alpha value is -3.22. The monoisotopic (exact) mass is 329 g/mol. The van der Waals surface area contributed by atoms with Crippen molar-refractivity contribution in [3.05, 3.63) is 59.4 Å². The Balaban J connectivity index is 2.03. The number of para-hydroxylation sites is 1. The van der Waals surface area contributed by atoms with Gasteiger partial charge in [-0.2, -0.15) is 0 Å². The zero-order valence-electron chi connectivity index (χ0n) is 12.9. The van der Waals surface area contributed by atoms with Gasteiger partial charge in [0.15, 0.2) is 5.78 Å². The first-order valence-corrected chi connectivity index (χ1v) is 7.11. The maximum atomic E-state index is 13.4. The molecule has 0 fully saturated rings. The van der Waals surface area contributed by atoms with Crippen molar-refractivity contribution in [2.45, 2.75) is 6.92 Å². The predicted octanol–water partition coefficient (Wildman–Crippen LogP) is 2.18. The molecule has 0 spiro atoms. The van der Waals surface area contributed by atoms with Crippen molar-refractivity contribution in [3.8, 4) is 0 Å². The summed E-state index contributed by atoms with van der Waals surface area (Å²) in [5, 5.41) is 5.39. The van der Waals surface area contributed by atoms with Crippen LogP contribution in [0.25, 0.3) is 0 Å². The minimum absolute atomic E-state index is 0.129. The molecule has 0 atom stereocenters. The number of carbonyl (C=O) groups excluding carboxylic acids is 3. The SMILES string of the molecule is CC(=O)c1ccccc1NC(=O)CNc1ccc(F)c(C(N)=O)c1. The van der Waals surface area contributed by atoms with Crippen LogP contribution >= 0.6 is 0 Å². The largest absolute Gasteiger partial charge is 0.376 e. The number of hydrogen-bond acceptors (Lipinski definition) is 4. The molecule has 2 aromatic rings. The Kier molecular flexibility index (Phi) is 5.26. The van der Waals surface area contributed by atoms with Crippen molar-refractivity contribution >= 4 is 29.0 Å². The van der Waals surface area contributed by atoms with Crippen LogP contribution in [0.4, 0.5) is 15.8 Å². The number of anilines is 2. The summed E-state index contributed by atoms with van der Waals surface area (Å²) in [5.41, 5.74) is 6.00. The molecule has 0 aliphatic heterocycles. The number of nitrogens with one attached hydrogen (secondary N) is 2. The quantitative estimate of drug-likeness (QED) is 0.707. The van der Waals surface area contributed by atoms with E-state index >= 15 is 0 Å². The molecule has 2 amide bonds. The van der Waals surface area contributed by atoms with Crippen LogP contribution in [0, 0.1) is 5.82 Å². The molecule has 0 bridgehead atoms. The Labute approximate surface area is 137 Å². The fraction of sp³-hybridized carbons (Fsp3) is 0.118. The molecule has 2 rings (SSSR count). The lowest BCUT2D eigenvalue weighted by molar-refractivity contribution is -0.114. The number of benzene rings is 2. The third-order valence-electron chi connectivity index (χ3n) is 3.27. The van der Waals surface area contributed by atoms with Gasteiger partial charge in [-0.05, 0) is 37.3 Å². The molecule has 0 aromatic heterocycles. The van der Waals surface area contributed by atoms with Crippen LogP contribution in [-0.4, -0.2) is 24.1 Å². The van der Waals surface area contributed by atoms with Crippen LogP contribution in [0.2, 0.25) is 0 Å². The zero-order chi connectivity index (χ0) is 17.7. The normalized spacial score (nSPS) is 10.1. The van der Waals surface area contributed by atoms with E-state index in [9.17, 15) is 18.8 Å². The van der Waals surface area contributed by atoms with Gasteiger partial charge in [0.1, 0.15) is 5.82 Å². The van der Waals surface area contributed by atoms with Gasteiger partial charge in [-0.15, -0.1) is 0 Å². The summed E-state index contributed by atoms with van der Waals surface area (Å²) >= 11 is 0. The van der Waals surface area contributed by atoms with Gasteiger partial charge in [0.05, 0.1) is 17.8 Å². The molecule has 0 saturated carbocycles. The fourth-order valence-electron chi connectivity index (χ4n) is 2.10. The lowest BCUT2D eigenvalue weighted by atomic mass is 10.1. The van der Waals surface area contributed by atoms with Gasteiger partial charge >= 0.3 is 0 Å². The molecule has 0 saturated heterocycles. The molecular weight excluding hydrogens is 313 g/mol. The van der Waals surface area contributed by atoms with Gasteiger partial charge in [-0.25, -0.2) is 4.39 Å². The van der Waals surface area contributed by atoms with Crippen LogP contribution in [0.1, 0.15) is 27.6 Å². The van der Waals surface area contributed by atoms with Crippen molar-refractivity contribution in [1.82, 2.24) is 0 Å². The highest BCUT2D eigenvalue weighted by Crippen LogP contribution is 2.16. The topological polar surface area (TPSA) is 101 Å². The Morgan fingerprint density at radius 2 is 1.79 bits per heavy atom. The van der Waals surface area contributed by atoms with Crippen LogP contribution in [0.5, 0.6) is 0 Å². The van der Waals surface area contributed by atoms with Crippen LogP contribution in [0.15, 0.2) is 42.5 Å². The first-order chi connectivity index (χ1) is 11.4. The average molecular weight is 329 g/mol. The van der Waals surface area contributed by atoms with E-state index in [-0.39, 0.29) is 17.9 Å². The van der Waals surface area contributed by atoms with Gasteiger partial charge in [-0.3, -0.25) is 14.4 Å². The number of amides is 2. The van der Waals surface area contributed by atoms with E-state index in [1.165, 1.54) is 19.1 Å². The highest BCUT2D eigenvalue weighted by molar-refractivity contribution is 6.04. The number of hydrogen-bond donors (Lipinski definition) is 3. The molecule has 6 nitrogen and oxygen atoms in total. The third kappa shape index (κ3) is 4.16. The second kappa shape index (κ2) is 7.36. The highest BCUT2D eigenvalue weighted by Gasteiger charge is 2.11. The molecule has 0 aliphatic rings.